The van der Waals surface area contributed by atoms with Gasteiger partial charge in [0.2, 0.25) is 11.8 Å². The molecule has 0 saturated heterocycles. The summed E-state index contributed by atoms with van der Waals surface area (Å²) in [4.78, 5) is 29.0. The van der Waals surface area contributed by atoms with Gasteiger partial charge in [-0.3, -0.25) is 9.59 Å². The Labute approximate surface area is 234 Å². The number of rotatable bonds is 11. The quantitative estimate of drug-likeness (QED) is 0.284. The third kappa shape index (κ3) is 8.08. The van der Waals surface area contributed by atoms with Crippen LogP contribution in [0.3, 0.4) is 0 Å². The number of hydrogen-bond acceptors (Lipinski definition) is 3. The SMILES string of the molecule is O=C(NC1CCCCC1)[C@@H](Cc1ccccc1)N(Cc1ccccc1F)C(=O)CSCc1ccccc1Cl. The van der Waals surface area contributed by atoms with Gasteiger partial charge in [-0.05, 0) is 36.1 Å². The van der Waals surface area contributed by atoms with Crippen LogP contribution in [0.1, 0.15) is 48.8 Å². The number of nitrogens with zero attached hydrogens (tertiary/aromatic N) is 1. The average Bonchev–Trinajstić information content (AvgIpc) is 2.93. The maximum atomic E-state index is 14.7. The summed E-state index contributed by atoms with van der Waals surface area (Å²) in [6.07, 6.45) is 5.60. The molecular formula is C31H34ClFN2O2S. The molecule has 3 aromatic rings. The first-order chi connectivity index (χ1) is 18.5. The van der Waals surface area contributed by atoms with Gasteiger partial charge in [0.1, 0.15) is 11.9 Å². The van der Waals surface area contributed by atoms with Crippen molar-refractivity contribution in [3.63, 3.8) is 0 Å². The monoisotopic (exact) mass is 552 g/mol. The molecule has 0 radical (unpaired) electrons. The zero-order chi connectivity index (χ0) is 26.7. The second-order valence-electron chi connectivity index (χ2n) is 9.75. The van der Waals surface area contributed by atoms with E-state index in [2.05, 4.69) is 5.32 Å². The van der Waals surface area contributed by atoms with E-state index in [4.69, 9.17) is 11.6 Å². The predicted octanol–water partition coefficient (Wildman–Crippen LogP) is 6.80. The third-order valence-corrected chi connectivity index (χ3v) is 8.30. The molecule has 38 heavy (non-hydrogen) atoms. The van der Waals surface area contributed by atoms with Crippen LogP contribution in [0.4, 0.5) is 4.39 Å². The molecule has 0 heterocycles. The highest BCUT2D eigenvalue weighted by Crippen LogP contribution is 2.24. The van der Waals surface area contributed by atoms with Gasteiger partial charge in [-0.15, -0.1) is 11.8 Å². The van der Waals surface area contributed by atoms with Crippen LogP contribution in [-0.4, -0.2) is 34.6 Å². The predicted molar refractivity (Wildman–Crippen MR) is 154 cm³/mol. The summed E-state index contributed by atoms with van der Waals surface area (Å²) in [5.41, 5.74) is 2.29. The molecule has 2 amide bonds. The van der Waals surface area contributed by atoms with E-state index >= 15 is 0 Å². The molecule has 1 saturated carbocycles. The molecule has 4 nitrogen and oxygen atoms in total. The van der Waals surface area contributed by atoms with Gasteiger partial charge in [-0.1, -0.05) is 97.6 Å². The topological polar surface area (TPSA) is 49.4 Å². The molecule has 0 aliphatic heterocycles. The van der Waals surface area contributed by atoms with E-state index in [1.54, 1.807) is 23.1 Å². The Morgan fingerprint density at radius 2 is 1.58 bits per heavy atom. The lowest BCUT2D eigenvalue weighted by Gasteiger charge is -2.33. The standard InChI is InChI=1S/C31H34ClFN2O2S/c32-27-17-9-7-14-25(27)21-38-22-30(36)35(20-24-13-8-10-18-28(24)33)29(19-23-11-3-1-4-12-23)31(37)34-26-15-5-2-6-16-26/h1,3-4,7-14,17-18,26,29H,2,5-6,15-16,19-22H2,(H,34,37)/t29-/m1/s1. The number of halogens is 2. The van der Waals surface area contributed by atoms with Crippen LogP contribution < -0.4 is 5.32 Å². The van der Waals surface area contributed by atoms with Gasteiger partial charge in [0.25, 0.3) is 0 Å². The Morgan fingerprint density at radius 1 is 0.921 bits per heavy atom. The first kappa shape index (κ1) is 28.2. The Balaban J connectivity index is 1.58. The zero-order valence-electron chi connectivity index (χ0n) is 21.5. The number of thioether (sulfide) groups is 1. The van der Waals surface area contributed by atoms with Crippen molar-refractivity contribution in [3.05, 3.63) is 106 Å². The summed E-state index contributed by atoms with van der Waals surface area (Å²) >= 11 is 7.74. The van der Waals surface area contributed by atoms with Crippen LogP contribution in [0.25, 0.3) is 0 Å². The van der Waals surface area contributed by atoms with Crippen molar-refractivity contribution < 1.29 is 14.0 Å². The van der Waals surface area contributed by atoms with Crippen molar-refractivity contribution in [2.75, 3.05) is 5.75 Å². The van der Waals surface area contributed by atoms with Crippen LogP contribution in [0.2, 0.25) is 5.02 Å². The molecule has 0 unspecified atom stereocenters. The lowest BCUT2D eigenvalue weighted by Crippen LogP contribution is -2.53. The summed E-state index contributed by atoms with van der Waals surface area (Å²) in [7, 11) is 0. The van der Waals surface area contributed by atoms with Crippen molar-refractivity contribution in [2.24, 2.45) is 0 Å². The van der Waals surface area contributed by atoms with E-state index in [1.807, 2.05) is 54.6 Å². The molecule has 200 valence electrons. The largest absolute Gasteiger partial charge is 0.352 e. The van der Waals surface area contributed by atoms with Crippen molar-refractivity contribution in [3.8, 4) is 0 Å². The first-order valence-corrected chi connectivity index (χ1v) is 14.7. The fourth-order valence-corrected chi connectivity index (χ4v) is 6.05. The number of amides is 2. The molecule has 0 spiro atoms. The summed E-state index contributed by atoms with van der Waals surface area (Å²) in [6.45, 7) is 0.0216. The highest BCUT2D eigenvalue weighted by Gasteiger charge is 2.32. The van der Waals surface area contributed by atoms with E-state index in [-0.39, 0.29) is 36.0 Å². The highest BCUT2D eigenvalue weighted by atomic mass is 35.5. The van der Waals surface area contributed by atoms with E-state index in [0.29, 0.717) is 22.8 Å². The van der Waals surface area contributed by atoms with E-state index < -0.39 is 6.04 Å². The van der Waals surface area contributed by atoms with Crippen LogP contribution in [0.5, 0.6) is 0 Å². The fourth-order valence-electron chi connectivity index (χ4n) is 4.86. The van der Waals surface area contributed by atoms with Gasteiger partial charge in [0.05, 0.1) is 5.75 Å². The molecule has 1 atom stereocenters. The molecule has 1 fully saturated rings. The number of benzene rings is 3. The van der Waals surface area contributed by atoms with Gasteiger partial charge in [0.15, 0.2) is 0 Å². The molecule has 4 rings (SSSR count). The molecular weight excluding hydrogens is 519 g/mol. The minimum Gasteiger partial charge on any atom is -0.352 e. The van der Waals surface area contributed by atoms with E-state index in [1.165, 1.54) is 24.2 Å². The number of nitrogens with one attached hydrogen (secondary N) is 1. The Hall–Kier alpha value is -2.83. The highest BCUT2D eigenvalue weighted by molar-refractivity contribution is 7.99. The molecule has 1 N–H and O–H groups in total. The van der Waals surface area contributed by atoms with Crippen LogP contribution in [-0.2, 0) is 28.3 Å². The van der Waals surface area contributed by atoms with Gasteiger partial charge >= 0.3 is 0 Å². The van der Waals surface area contributed by atoms with Gasteiger partial charge in [-0.2, -0.15) is 0 Å². The Bertz CT molecular complexity index is 1200. The van der Waals surface area contributed by atoms with Gasteiger partial charge in [0, 0.05) is 35.3 Å². The third-order valence-electron chi connectivity index (χ3n) is 6.96. The lowest BCUT2D eigenvalue weighted by atomic mass is 9.94. The maximum Gasteiger partial charge on any atom is 0.243 e. The Morgan fingerprint density at radius 3 is 2.29 bits per heavy atom. The minimum atomic E-state index is -0.757. The van der Waals surface area contributed by atoms with Gasteiger partial charge in [-0.25, -0.2) is 4.39 Å². The van der Waals surface area contributed by atoms with Crippen LogP contribution in [0.15, 0.2) is 78.9 Å². The zero-order valence-corrected chi connectivity index (χ0v) is 23.0. The molecule has 1 aliphatic rings. The number of hydrogen-bond donors (Lipinski definition) is 1. The summed E-state index contributed by atoms with van der Waals surface area (Å²) < 4.78 is 14.7. The maximum absolute atomic E-state index is 14.7. The molecule has 0 bridgehead atoms. The van der Waals surface area contributed by atoms with Crippen molar-refractivity contribution in [1.82, 2.24) is 10.2 Å². The first-order valence-electron chi connectivity index (χ1n) is 13.2. The number of carbonyl (C=O) groups excluding carboxylic acids is 2. The van der Waals surface area contributed by atoms with Crippen molar-refractivity contribution in [1.29, 1.82) is 0 Å². The van der Waals surface area contributed by atoms with E-state index in [0.717, 1.165) is 36.8 Å². The molecule has 3 aromatic carbocycles. The molecule has 1 aliphatic carbocycles. The summed E-state index contributed by atoms with van der Waals surface area (Å²) in [5, 5.41) is 3.87. The minimum absolute atomic E-state index is 0.0216. The molecule has 0 aromatic heterocycles. The average molecular weight is 553 g/mol. The van der Waals surface area contributed by atoms with Crippen LogP contribution in [0, 0.1) is 5.82 Å². The normalized spacial score (nSPS) is 14.6. The summed E-state index contributed by atoms with van der Waals surface area (Å²) in [5.74, 6) is -0.0510. The Kier molecular flexibility index (Phi) is 10.6. The van der Waals surface area contributed by atoms with Gasteiger partial charge < -0.3 is 10.2 Å². The molecule has 7 heteroatoms. The van der Waals surface area contributed by atoms with Crippen molar-refractivity contribution in [2.45, 2.75) is 62.9 Å². The smallest absolute Gasteiger partial charge is 0.243 e. The summed E-state index contributed by atoms with van der Waals surface area (Å²) in [6, 6.07) is 23.0. The fraction of sp³-hybridized carbons (Fsp3) is 0.355. The van der Waals surface area contributed by atoms with Crippen molar-refractivity contribution >= 4 is 35.2 Å². The second kappa shape index (κ2) is 14.4. The number of carbonyl (C=O) groups is 2. The lowest BCUT2D eigenvalue weighted by molar-refractivity contribution is -0.139. The van der Waals surface area contributed by atoms with E-state index in [9.17, 15) is 14.0 Å². The van der Waals surface area contributed by atoms with Crippen LogP contribution >= 0.6 is 23.4 Å². The second-order valence-corrected chi connectivity index (χ2v) is 11.1.